The number of rotatable bonds is 4. The van der Waals surface area contributed by atoms with Gasteiger partial charge in [-0.2, -0.15) is 0 Å². The van der Waals surface area contributed by atoms with Crippen molar-refractivity contribution < 1.29 is 5.11 Å². The fourth-order valence-corrected chi connectivity index (χ4v) is 1.53. The molecule has 0 radical (unpaired) electrons. The second kappa shape index (κ2) is 4.44. The average molecular weight is 194 g/mol. The summed E-state index contributed by atoms with van der Waals surface area (Å²) in [7, 11) is 0. The molecule has 0 saturated carbocycles. The molecule has 0 aromatic heterocycles. The summed E-state index contributed by atoms with van der Waals surface area (Å²) in [6, 6.07) is 7.68. The minimum absolute atomic E-state index is 0.141. The van der Waals surface area contributed by atoms with E-state index in [0.29, 0.717) is 13.0 Å². The Labute approximate surface area is 84.7 Å². The summed E-state index contributed by atoms with van der Waals surface area (Å²) < 4.78 is 0. The zero-order chi connectivity index (χ0) is 10.6. The van der Waals surface area contributed by atoms with E-state index in [4.69, 9.17) is 16.6 Å². The molecule has 1 unspecified atom stereocenters. The highest BCUT2D eigenvalue weighted by atomic mass is 16.3. The normalized spacial score (nSPS) is 15.1. The number of nitrogen functional groups attached to an aromatic ring is 1. The Balaban J connectivity index is 2.99. The first-order valence-electron chi connectivity index (χ1n) is 4.79. The van der Waals surface area contributed by atoms with Crippen LogP contribution >= 0.6 is 0 Å². The van der Waals surface area contributed by atoms with Crippen LogP contribution in [0.1, 0.15) is 18.9 Å². The molecule has 3 nitrogen and oxygen atoms in total. The second-order valence-electron chi connectivity index (χ2n) is 3.86. The summed E-state index contributed by atoms with van der Waals surface area (Å²) in [5, 5.41) is 8.98. The monoisotopic (exact) mass is 194 g/mol. The van der Waals surface area contributed by atoms with Gasteiger partial charge in [0, 0.05) is 24.3 Å². The molecule has 0 amide bonds. The van der Waals surface area contributed by atoms with Crippen molar-refractivity contribution in [2.75, 3.05) is 18.9 Å². The molecule has 0 aliphatic carbocycles. The number of aliphatic hydroxyl groups is 1. The van der Waals surface area contributed by atoms with Crippen molar-refractivity contribution in [1.82, 2.24) is 0 Å². The summed E-state index contributed by atoms with van der Waals surface area (Å²) in [5.74, 6) is 0. The van der Waals surface area contributed by atoms with Gasteiger partial charge in [0.1, 0.15) is 0 Å². The van der Waals surface area contributed by atoms with E-state index in [-0.39, 0.29) is 12.0 Å². The predicted molar refractivity (Wildman–Crippen MR) is 59.0 cm³/mol. The Hall–Kier alpha value is -1.06. The molecule has 3 heteroatoms. The van der Waals surface area contributed by atoms with Gasteiger partial charge in [-0.15, -0.1) is 0 Å². The largest absolute Gasteiger partial charge is 0.399 e. The lowest BCUT2D eigenvalue weighted by atomic mass is 9.80. The quantitative estimate of drug-likeness (QED) is 0.623. The first kappa shape index (κ1) is 11.0. The molecule has 1 aromatic rings. The molecule has 0 heterocycles. The van der Waals surface area contributed by atoms with E-state index in [9.17, 15) is 0 Å². The van der Waals surface area contributed by atoms with E-state index >= 15 is 0 Å². The van der Waals surface area contributed by atoms with Crippen molar-refractivity contribution in [1.29, 1.82) is 0 Å². The van der Waals surface area contributed by atoms with Crippen LogP contribution < -0.4 is 11.5 Å². The first-order chi connectivity index (χ1) is 6.62. The zero-order valence-corrected chi connectivity index (χ0v) is 8.53. The molecule has 0 saturated heterocycles. The van der Waals surface area contributed by atoms with Gasteiger partial charge < -0.3 is 16.6 Å². The zero-order valence-electron chi connectivity index (χ0n) is 8.53. The van der Waals surface area contributed by atoms with Crippen molar-refractivity contribution >= 4 is 5.69 Å². The third-order valence-corrected chi connectivity index (χ3v) is 2.70. The van der Waals surface area contributed by atoms with Gasteiger partial charge in [-0.05, 0) is 24.1 Å². The van der Waals surface area contributed by atoms with E-state index in [2.05, 4.69) is 0 Å². The SMILES string of the molecule is CC(CN)(CCO)c1cccc(N)c1. The van der Waals surface area contributed by atoms with Crippen LogP contribution in [0.25, 0.3) is 0 Å². The molecule has 5 N–H and O–H groups in total. The third kappa shape index (κ3) is 2.25. The molecule has 0 spiro atoms. The molecule has 1 atom stereocenters. The van der Waals surface area contributed by atoms with Crippen molar-refractivity contribution in [2.45, 2.75) is 18.8 Å². The minimum atomic E-state index is -0.176. The van der Waals surface area contributed by atoms with Crippen LogP contribution in [-0.4, -0.2) is 18.3 Å². The molecule has 0 bridgehead atoms. The summed E-state index contributed by atoms with van der Waals surface area (Å²) in [4.78, 5) is 0. The maximum atomic E-state index is 8.98. The number of benzene rings is 1. The number of anilines is 1. The smallest absolute Gasteiger partial charge is 0.0439 e. The second-order valence-corrected chi connectivity index (χ2v) is 3.86. The van der Waals surface area contributed by atoms with E-state index in [0.717, 1.165) is 11.3 Å². The molecule has 0 aliphatic rings. The Morgan fingerprint density at radius 2 is 2.14 bits per heavy atom. The van der Waals surface area contributed by atoms with Gasteiger partial charge in [-0.1, -0.05) is 19.1 Å². The van der Waals surface area contributed by atoms with E-state index in [1.807, 2.05) is 31.2 Å². The van der Waals surface area contributed by atoms with Crippen LogP contribution in [-0.2, 0) is 5.41 Å². The Kier molecular flexibility index (Phi) is 3.49. The Bertz CT molecular complexity index is 301. The molecular formula is C11H18N2O. The Morgan fingerprint density at radius 1 is 1.43 bits per heavy atom. The Morgan fingerprint density at radius 3 is 2.64 bits per heavy atom. The van der Waals surface area contributed by atoms with Gasteiger partial charge in [0.15, 0.2) is 0 Å². The van der Waals surface area contributed by atoms with Gasteiger partial charge in [-0.25, -0.2) is 0 Å². The molecular weight excluding hydrogens is 176 g/mol. The summed E-state index contributed by atoms with van der Waals surface area (Å²) in [5.41, 5.74) is 13.1. The van der Waals surface area contributed by atoms with Gasteiger partial charge in [0.25, 0.3) is 0 Å². The van der Waals surface area contributed by atoms with Gasteiger partial charge >= 0.3 is 0 Å². The highest BCUT2D eigenvalue weighted by Crippen LogP contribution is 2.27. The molecule has 0 fully saturated rings. The third-order valence-electron chi connectivity index (χ3n) is 2.70. The van der Waals surface area contributed by atoms with Crippen LogP contribution in [0.15, 0.2) is 24.3 Å². The fourth-order valence-electron chi connectivity index (χ4n) is 1.53. The maximum Gasteiger partial charge on any atom is 0.0439 e. The summed E-state index contributed by atoms with van der Waals surface area (Å²) in [6.45, 7) is 2.69. The van der Waals surface area contributed by atoms with Crippen molar-refractivity contribution in [3.63, 3.8) is 0 Å². The summed E-state index contributed by atoms with van der Waals surface area (Å²) in [6.07, 6.45) is 0.660. The molecule has 1 rings (SSSR count). The molecule has 78 valence electrons. The standard InChI is InChI=1S/C11H18N2O/c1-11(8-12,5-6-14)9-3-2-4-10(13)7-9/h2-4,7,14H,5-6,8,12-13H2,1H3. The summed E-state index contributed by atoms with van der Waals surface area (Å²) >= 11 is 0. The highest BCUT2D eigenvalue weighted by Gasteiger charge is 2.24. The molecule has 14 heavy (non-hydrogen) atoms. The number of aliphatic hydroxyl groups excluding tert-OH is 1. The average Bonchev–Trinajstić information content (AvgIpc) is 2.18. The topological polar surface area (TPSA) is 72.3 Å². The van der Waals surface area contributed by atoms with Crippen LogP contribution in [0, 0.1) is 0 Å². The molecule has 1 aromatic carbocycles. The number of nitrogens with two attached hydrogens (primary N) is 2. The maximum absolute atomic E-state index is 8.98. The highest BCUT2D eigenvalue weighted by molar-refractivity contribution is 5.43. The number of hydrogen-bond acceptors (Lipinski definition) is 3. The lowest BCUT2D eigenvalue weighted by Gasteiger charge is -2.28. The molecule has 0 aliphatic heterocycles. The van der Waals surface area contributed by atoms with Crippen molar-refractivity contribution in [3.8, 4) is 0 Å². The van der Waals surface area contributed by atoms with E-state index in [1.165, 1.54) is 0 Å². The number of hydrogen-bond donors (Lipinski definition) is 3. The van der Waals surface area contributed by atoms with Crippen LogP contribution in [0.5, 0.6) is 0 Å². The van der Waals surface area contributed by atoms with Crippen LogP contribution in [0.2, 0.25) is 0 Å². The fraction of sp³-hybridized carbons (Fsp3) is 0.455. The first-order valence-corrected chi connectivity index (χ1v) is 4.79. The van der Waals surface area contributed by atoms with Gasteiger partial charge in [-0.3, -0.25) is 0 Å². The van der Waals surface area contributed by atoms with E-state index in [1.54, 1.807) is 0 Å². The van der Waals surface area contributed by atoms with Gasteiger partial charge in [0.2, 0.25) is 0 Å². The van der Waals surface area contributed by atoms with E-state index < -0.39 is 0 Å². The lowest BCUT2D eigenvalue weighted by molar-refractivity contribution is 0.247. The lowest BCUT2D eigenvalue weighted by Crippen LogP contribution is -2.32. The van der Waals surface area contributed by atoms with Crippen LogP contribution in [0.3, 0.4) is 0 Å². The van der Waals surface area contributed by atoms with Crippen molar-refractivity contribution in [3.05, 3.63) is 29.8 Å². The minimum Gasteiger partial charge on any atom is -0.399 e. The van der Waals surface area contributed by atoms with Crippen molar-refractivity contribution in [2.24, 2.45) is 5.73 Å². The van der Waals surface area contributed by atoms with Crippen LogP contribution in [0.4, 0.5) is 5.69 Å². The van der Waals surface area contributed by atoms with Gasteiger partial charge in [0.05, 0.1) is 0 Å². The predicted octanol–water partition coefficient (Wildman–Crippen LogP) is 0.868.